The van der Waals surface area contributed by atoms with Crippen molar-refractivity contribution in [2.45, 2.75) is 78.4 Å². The Labute approximate surface area is 188 Å². The first-order chi connectivity index (χ1) is 14.7. The molecule has 0 unspecified atom stereocenters. The zero-order valence-electron chi connectivity index (χ0n) is 19.9. The number of hydrogen-bond donors (Lipinski definition) is 2. The Kier molecular flexibility index (Phi) is 7.76. The molecule has 5 nitrogen and oxygen atoms in total. The number of nitrogens with one attached hydrogen (secondary N) is 1. The van der Waals surface area contributed by atoms with Crippen LogP contribution in [0.2, 0.25) is 6.32 Å². The highest BCUT2D eigenvalue weighted by atomic mass is 16.5. The third-order valence-electron chi connectivity index (χ3n) is 7.22. The van der Waals surface area contributed by atoms with Gasteiger partial charge >= 0.3 is 6.92 Å². The topological polar surface area (TPSA) is 72.5 Å². The van der Waals surface area contributed by atoms with Crippen molar-refractivity contribution in [3.8, 4) is 0 Å². The van der Waals surface area contributed by atoms with Crippen molar-refractivity contribution in [2.75, 3.05) is 6.54 Å². The number of hydrogen-bond acceptors (Lipinski definition) is 5. The Morgan fingerprint density at radius 2 is 2.10 bits per heavy atom. The first kappa shape index (κ1) is 23.7. The predicted molar refractivity (Wildman–Crippen MR) is 131 cm³/mol. The molecule has 3 rings (SSSR count). The van der Waals surface area contributed by atoms with Gasteiger partial charge in [0.2, 0.25) is 0 Å². The number of nitrogens with zero attached hydrogens (tertiary/aromatic N) is 2. The van der Waals surface area contributed by atoms with E-state index in [2.05, 4.69) is 57.1 Å². The fourth-order valence-corrected chi connectivity index (χ4v) is 4.24. The molecule has 1 aliphatic heterocycles. The van der Waals surface area contributed by atoms with Crippen molar-refractivity contribution >= 4 is 13.1 Å². The third-order valence-corrected chi connectivity index (χ3v) is 7.22. The van der Waals surface area contributed by atoms with Gasteiger partial charge in [-0.25, -0.2) is 0 Å². The van der Waals surface area contributed by atoms with E-state index in [-0.39, 0.29) is 17.9 Å². The van der Waals surface area contributed by atoms with Gasteiger partial charge in [-0.2, -0.15) is 0 Å². The van der Waals surface area contributed by atoms with E-state index in [1.807, 2.05) is 24.6 Å². The van der Waals surface area contributed by atoms with E-state index < -0.39 is 0 Å². The number of pyridine rings is 1. The predicted octanol–water partition coefficient (Wildman–Crippen LogP) is 4.35. The molecule has 2 heterocycles. The summed E-state index contributed by atoms with van der Waals surface area (Å²) in [7, 11) is 0. The van der Waals surface area contributed by atoms with Crippen LogP contribution in [0, 0.1) is 11.3 Å². The summed E-state index contributed by atoms with van der Waals surface area (Å²) in [4.78, 5) is 9.25. The van der Waals surface area contributed by atoms with E-state index in [0.29, 0.717) is 12.0 Å². The SMILES string of the molecule is CCc1ccc(CNC2CC(CN=C/C(=C\C=C\N)B3CC(C)(C)C(C)(C)O3)C2)cn1. The number of rotatable bonds is 9. The minimum absolute atomic E-state index is 0.0634. The van der Waals surface area contributed by atoms with Crippen LogP contribution in [0.5, 0.6) is 0 Å². The standard InChI is InChI=1S/C25H39BN4O/c1-6-22-10-9-19(15-29-22)16-30-23-12-20(13-23)14-28-17-21(8-7-11-27)26-18-24(2,3)25(4,5)31-26/h7-11,15,17,20,23,30H,6,12-14,16,18,27H2,1-5H3/b11-7+,21-8+,28-17?. The van der Waals surface area contributed by atoms with Gasteiger partial charge in [-0.1, -0.05) is 32.9 Å². The van der Waals surface area contributed by atoms with Crippen LogP contribution < -0.4 is 11.1 Å². The van der Waals surface area contributed by atoms with Crippen LogP contribution in [0.4, 0.5) is 0 Å². The molecule has 6 heteroatoms. The first-order valence-electron chi connectivity index (χ1n) is 11.7. The molecule has 1 saturated heterocycles. The molecule has 1 aromatic rings. The minimum Gasteiger partial charge on any atom is -0.425 e. The Bertz CT molecular complexity index is 791. The number of aryl methyl sites for hydroxylation is 1. The summed E-state index contributed by atoms with van der Waals surface area (Å²) >= 11 is 0. The molecule has 3 N–H and O–H groups in total. The summed E-state index contributed by atoms with van der Waals surface area (Å²) in [6, 6.07) is 4.88. The lowest BCUT2D eigenvalue weighted by Crippen LogP contribution is -2.41. The smallest absolute Gasteiger partial charge is 0.329 e. The van der Waals surface area contributed by atoms with E-state index in [1.54, 1.807) is 6.20 Å². The number of aliphatic imine (C=N–C) groups is 1. The molecular weight excluding hydrogens is 383 g/mol. The first-order valence-corrected chi connectivity index (χ1v) is 11.7. The molecule has 0 amide bonds. The normalized spacial score (nSPS) is 25.5. The zero-order valence-corrected chi connectivity index (χ0v) is 19.9. The second-order valence-corrected chi connectivity index (χ2v) is 10.2. The van der Waals surface area contributed by atoms with Gasteiger partial charge in [-0.3, -0.25) is 9.98 Å². The number of aromatic nitrogens is 1. The Hall–Kier alpha value is -1.92. The highest BCUT2D eigenvalue weighted by Crippen LogP contribution is 2.46. The van der Waals surface area contributed by atoms with Crippen LogP contribution in [-0.4, -0.2) is 36.3 Å². The number of nitrogens with two attached hydrogens (primary N) is 1. The molecule has 2 aliphatic rings. The third kappa shape index (κ3) is 6.08. The Morgan fingerprint density at radius 3 is 2.68 bits per heavy atom. The molecular formula is C25H39BN4O. The second kappa shape index (κ2) is 10.1. The molecule has 0 spiro atoms. The summed E-state index contributed by atoms with van der Waals surface area (Å²) in [5.41, 5.74) is 9.04. The van der Waals surface area contributed by atoms with Gasteiger partial charge < -0.3 is 15.7 Å². The monoisotopic (exact) mass is 422 g/mol. The molecule has 0 atom stereocenters. The summed E-state index contributed by atoms with van der Waals surface area (Å²) in [5.74, 6) is 0.651. The van der Waals surface area contributed by atoms with Crippen LogP contribution in [0.1, 0.15) is 58.7 Å². The lowest BCUT2D eigenvalue weighted by atomic mass is 9.53. The van der Waals surface area contributed by atoms with Gasteiger partial charge in [-0.15, -0.1) is 0 Å². The van der Waals surface area contributed by atoms with E-state index >= 15 is 0 Å². The zero-order chi connectivity index (χ0) is 22.5. The van der Waals surface area contributed by atoms with Crippen LogP contribution >= 0.6 is 0 Å². The average Bonchev–Trinajstić information content (AvgIpc) is 2.92. The summed E-state index contributed by atoms with van der Waals surface area (Å²) < 4.78 is 6.38. The molecule has 0 aromatic carbocycles. The van der Waals surface area contributed by atoms with Gasteiger partial charge in [0.25, 0.3) is 0 Å². The van der Waals surface area contributed by atoms with Crippen LogP contribution in [0.3, 0.4) is 0 Å². The van der Waals surface area contributed by atoms with Gasteiger partial charge in [0.05, 0.1) is 5.60 Å². The summed E-state index contributed by atoms with van der Waals surface area (Å²) in [6.07, 6.45) is 13.8. The fourth-order valence-electron chi connectivity index (χ4n) is 4.24. The van der Waals surface area contributed by atoms with Crippen LogP contribution in [0.15, 0.2) is 47.1 Å². The summed E-state index contributed by atoms with van der Waals surface area (Å²) in [6.45, 7) is 12.9. The highest BCUT2D eigenvalue weighted by molar-refractivity contribution is 6.66. The van der Waals surface area contributed by atoms with Gasteiger partial charge in [0.1, 0.15) is 0 Å². The lowest BCUT2D eigenvalue weighted by molar-refractivity contribution is 0.0372. The quantitative estimate of drug-likeness (QED) is 0.353. The van der Waals surface area contributed by atoms with Gasteiger partial charge in [-0.05, 0) is 80.1 Å². The maximum absolute atomic E-state index is 6.38. The van der Waals surface area contributed by atoms with Gasteiger partial charge in [0.15, 0.2) is 0 Å². The molecule has 0 bridgehead atoms. The minimum atomic E-state index is -0.156. The second-order valence-electron chi connectivity index (χ2n) is 10.2. The van der Waals surface area contributed by atoms with E-state index in [0.717, 1.165) is 37.0 Å². The van der Waals surface area contributed by atoms with Crippen molar-refractivity contribution < 1.29 is 4.65 Å². The maximum atomic E-state index is 6.38. The van der Waals surface area contributed by atoms with Crippen LogP contribution in [0.25, 0.3) is 0 Å². The van der Waals surface area contributed by atoms with Crippen molar-refractivity contribution in [1.29, 1.82) is 0 Å². The maximum Gasteiger partial charge on any atom is 0.329 e. The summed E-state index contributed by atoms with van der Waals surface area (Å²) in [5, 5.41) is 3.65. The van der Waals surface area contributed by atoms with E-state index in [4.69, 9.17) is 15.4 Å². The highest BCUT2D eigenvalue weighted by Gasteiger charge is 2.50. The van der Waals surface area contributed by atoms with Gasteiger partial charge in [0, 0.05) is 37.2 Å². The number of allylic oxidation sites excluding steroid dienone is 3. The molecule has 1 aliphatic carbocycles. The molecule has 2 fully saturated rings. The Balaban J connectivity index is 1.45. The average molecular weight is 422 g/mol. The van der Waals surface area contributed by atoms with Crippen molar-refractivity contribution in [1.82, 2.24) is 10.3 Å². The lowest BCUT2D eigenvalue weighted by Gasteiger charge is -2.35. The molecule has 0 radical (unpaired) electrons. The van der Waals surface area contributed by atoms with E-state index in [9.17, 15) is 0 Å². The molecule has 1 saturated carbocycles. The Morgan fingerprint density at radius 1 is 1.32 bits per heavy atom. The largest absolute Gasteiger partial charge is 0.425 e. The van der Waals surface area contributed by atoms with Crippen molar-refractivity contribution in [3.05, 3.63) is 53.4 Å². The van der Waals surface area contributed by atoms with E-state index in [1.165, 1.54) is 18.4 Å². The van der Waals surface area contributed by atoms with Crippen molar-refractivity contribution in [2.24, 2.45) is 22.1 Å². The van der Waals surface area contributed by atoms with Crippen LogP contribution in [-0.2, 0) is 17.6 Å². The van der Waals surface area contributed by atoms with Crippen molar-refractivity contribution in [3.63, 3.8) is 0 Å². The molecule has 168 valence electrons. The fraction of sp³-hybridized carbons (Fsp3) is 0.600. The molecule has 1 aromatic heterocycles. The molecule has 31 heavy (non-hydrogen) atoms.